The number of rotatable bonds is 5. The van der Waals surface area contributed by atoms with Crippen LogP contribution in [0.3, 0.4) is 0 Å². The van der Waals surface area contributed by atoms with Crippen LogP contribution in [-0.2, 0) is 0 Å². The highest BCUT2D eigenvalue weighted by molar-refractivity contribution is 7.12. The molecule has 1 aromatic heterocycles. The van der Waals surface area contributed by atoms with E-state index < -0.39 is 0 Å². The number of nitrogens with zero attached hydrogens (tertiary/aromatic N) is 1. The molecule has 0 spiro atoms. The number of hydrogen-bond donors (Lipinski definition) is 0. The van der Waals surface area contributed by atoms with Crippen molar-refractivity contribution in [2.24, 2.45) is 0 Å². The molecule has 1 saturated carbocycles. The Morgan fingerprint density at radius 1 is 1.64 bits per heavy atom. The van der Waals surface area contributed by atoms with Crippen LogP contribution < -0.4 is 0 Å². The van der Waals surface area contributed by atoms with Gasteiger partial charge in [0.25, 0.3) is 0 Å². The average molecular weight is 209 g/mol. The number of ketones is 1. The molecule has 2 nitrogen and oxygen atoms in total. The first kappa shape index (κ1) is 9.87. The fraction of sp³-hybridized carbons (Fsp3) is 0.545. The summed E-state index contributed by atoms with van der Waals surface area (Å²) in [6, 6.07) is 4.53. The van der Waals surface area contributed by atoms with Crippen molar-refractivity contribution in [3.8, 4) is 0 Å². The van der Waals surface area contributed by atoms with Crippen molar-refractivity contribution in [1.29, 1.82) is 0 Å². The normalized spacial score (nSPS) is 16.1. The molecule has 1 aromatic rings. The van der Waals surface area contributed by atoms with E-state index >= 15 is 0 Å². The highest BCUT2D eigenvalue weighted by Crippen LogP contribution is 2.26. The third-order valence-corrected chi connectivity index (χ3v) is 3.52. The minimum absolute atomic E-state index is 0.272. The second kappa shape index (κ2) is 4.24. The molecule has 0 aromatic carbocycles. The van der Waals surface area contributed by atoms with Crippen LogP contribution in [0.4, 0.5) is 0 Å². The Labute approximate surface area is 88.5 Å². The van der Waals surface area contributed by atoms with Gasteiger partial charge in [-0.1, -0.05) is 13.0 Å². The van der Waals surface area contributed by atoms with Crippen LogP contribution in [0, 0.1) is 0 Å². The van der Waals surface area contributed by atoms with E-state index in [1.165, 1.54) is 24.2 Å². The van der Waals surface area contributed by atoms with Crippen LogP contribution in [-0.4, -0.2) is 29.8 Å². The zero-order chi connectivity index (χ0) is 9.97. The molecule has 1 fully saturated rings. The van der Waals surface area contributed by atoms with Gasteiger partial charge >= 0.3 is 0 Å². The van der Waals surface area contributed by atoms with Crippen molar-refractivity contribution in [3.63, 3.8) is 0 Å². The van der Waals surface area contributed by atoms with Gasteiger partial charge in [-0.3, -0.25) is 9.69 Å². The largest absolute Gasteiger partial charge is 0.293 e. The SMILES string of the molecule is CCN(CC(=O)c1cccs1)C1CC1. The van der Waals surface area contributed by atoms with Gasteiger partial charge in [0.1, 0.15) is 0 Å². The summed E-state index contributed by atoms with van der Waals surface area (Å²) in [6.07, 6.45) is 2.54. The Morgan fingerprint density at radius 3 is 2.93 bits per heavy atom. The number of hydrogen-bond acceptors (Lipinski definition) is 3. The first-order valence-electron chi connectivity index (χ1n) is 5.12. The molecule has 0 amide bonds. The summed E-state index contributed by atoms with van der Waals surface area (Å²) in [5.41, 5.74) is 0. The van der Waals surface area contributed by atoms with Gasteiger partial charge in [-0.25, -0.2) is 0 Å². The summed E-state index contributed by atoms with van der Waals surface area (Å²) in [5, 5.41) is 1.96. The van der Waals surface area contributed by atoms with Gasteiger partial charge in [0.2, 0.25) is 0 Å². The topological polar surface area (TPSA) is 20.3 Å². The summed E-state index contributed by atoms with van der Waals surface area (Å²) in [6.45, 7) is 3.71. The molecule has 76 valence electrons. The molecule has 0 saturated heterocycles. The van der Waals surface area contributed by atoms with Gasteiger partial charge in [0.15, 0.2) is 5.78 Å². The van der Waals surface area contributed by atoms with Crippen LogP contribution in [0.1, 0.15) is 29.4 Å². The number of thiophene rings is 1. The monoisotopic (exact) mass is 209 g/mol. The lowest BCUT2D eigenvalue weighted by atomic mass is 10.3. The molecule has 1 heterocycles. The summed E-state index contributed by atoms with van der Waals surface area (Å²) in [4.78, 5) is 14.9. The molecule has 0 N–H and O–H groups in total. The maximum absolute atomic E-state index is 11.8. The third-order valence-electron chi connectivity index (χ3n) is 2.61. The van der Waals surface area contributed by atoms with E-state index in [9.17, 15) is 4.79 Å². The van der Waals surface area contributed by atoms with Crippen molar-refractivity contribution in [2.45, 2.75) is 25.8 Å². The van der Waals surface area contributed by atoms with Crippen molar-refractivity contribution in [1.82, 2.24) is 4.90 Å². The van der Waals surface area contributed by atoms with E-state index in [1.807, 2.05) is 17.5 Å². The molecule has 1 aliphatic rings. The Balaban J connectivity index is 1.92. The van der Waals surface area contributed by atoms with Crippen LogP contribution in [0.15, 0.2) is 17.5 Å². The number of likely N-dealkylation sites (N-methyl/N-ethyl adjacent to an activating group) is 1. The molecule has 0 aliphatic heterocycles. The quantitative estimate of drug-likeness (QED) is 0.694. The zero-order valence-corrected chi connectivity index (χ0v) is 9.22. The summed E-state index contributed by atoms with van der Waals surface area (Å²) in [5.74, 6) is 0.272. The molecular weight excluding hydrogens is 194 g/mol. The van der Waals surface area contributed by atoms with Crippen LogP contribution in [0.2, 0.25) is 0 Å². The Morgan fingerprint density at radius 2 is 2.43 bits per heavy atom. The van der Waals surface area contributed by atoms with Crippen molar-refractivity contribution in [2.75, 3.05) is 13.1 Å². The number of carbonyl (C=O) groups is 1. The van der Waals surface area contributed by atoms with Gasteiger partial charge < -0.3 is 0 Å². The van der Waals surface area contributed by atoms with E-state index in [0.717, 1.165) is 11.4 Å². The summed E-state index contributed by atoms with van der Waals surface area (Å²) >= 11 is 1.54. The first-order chi connectivity index (χ1) is 6.81. The van der Waals surface area contributed by atoms with Crippen LogP contribution in [0.25, 0.3) is 0 Å². The standard InChI is InChI=1S/C11H15NOS/c1-2-12(9-5-6-9)8-10(13)11-4-3-7-14-11/h3-4,7,9H,2,5-6,8H2,1H3. The fourth-order valence-corrected chi connectivity index (χ4v) is 2.30. The summed E-state index contributed by atoms with van der Waals surface area (Å²) in [7, 11) is 0. The van der Waals surface area contributed by atoms with Crippen LogP contribution >= 0.6 is 11.3 Å². The molecule has 0 atom stereocenters. The molecule has 14 heavy (non-hydrogen) atoms. The van der Waals surface area contributed by atoms with Gasteiger partial charge in [-0.05, 0) is 30.8 Å². The summed E-state index contributed by atoms with van der Waals surface area (Å²) < 4.78 is 0. The van der Waals surface area contributed by atoms with Gasteiger partial charge in [-0.15, -0.1) is 11.3 Å². The lowest BCUT2D eigenvalue weighted by Gasteiger charge is -2.17. The van der Waals surface area contributed by atoms with Gasteiger partial charge in [-0.2, -0.15) is 0 Å². The second-order valence-corrected chi connectivity index (χ2v) is 4.64. The highest BCUT2D eigenvalue weighted by Gasteiger charge is 2.29. The van der Waals surface area contributed by atoms with Crippen molar-refractivity contribution >= 4 is 17.1 Å². The Kier molecular flexibility index (Phi) is 2.99. The van der Waals surface area contributed by atoms with Gasteiger partial charge in [0.05, 0.1) is 11.4 Å². The van der Waals surface area contributed by atoms with E-state index in [0.29, 0.717) is 12.6 Å². The maximum Gasteiger partial charge on any atom is 0.186 e. The molecule has 2 rings (SSSR count). The lowest BCUT2D eigenvalue weighted by molar-refractivity contribution is 0.0933. The minimum atomic E-state index is 0.272. The number of carbonyl (C=O) groups excluding carboxylic acids is 1. The lowest BCUT2D eigenvalue weighted by Crippen LogP contribution is -2.31. The predicted molar refractivity (Wildman–Crippen MR) is 58.9 cm³/mol. The second-order valence-electron chi connectivity index (χ2n) is 3.69. The Hall–Kier alpha value is -0.670. The van der Waals surface area contributed by atoms with Crippen molar-refractivity contribution in [3.05, 3.63) is 22.4 Å². The van der Waals surface area contributed by atoms with E-state index in [2.05, 4.69) is 11.8 Å². The third kappa shape index (κ3) is 2.22. The van der Waals surface area contributed by atoms with Crippen molar-refractivity contribution < 1.29 is 4.79 Å². The maximum atomic E-state index is 11.8. The number of Topliss-reactive ketones (excluding diaryl/α,β-unsaturated/α-hetero) is 1. The fourth-order valence-electron chi connectivity index (χ4n) is 1.64. The average Bonchev–Trinajstić information content (AvgIpc) is 2.88. The van der Waals surface area contributed by atoms with E-state index in [4.69, 9.17) is 0 Å². The predicted octanol–water partition coefficient (Wildman–Crippen LogP) is 2.42. The first-order valence-corrected chi connectivity index (χ1v) is 6.00. The van der Waals surface area contributed by atoms with E-state index in [-0.39, 0.29) is 5.78 Å². The van der Waals surface area contributed by atoms with Gasteiger partial charge in [0, 0.05) is 6.04 Å². The molecule has 3 heteroatoms. The molecule has 1 aliphatic carbocycles. The molecule has 0 bridgehead atoms. The van der Waals surface area contributed by atoms with Crippen LogP contribution in [0.5, 0.6) is 0 Å². The molecular formula is C11H15NOS. The van der Waals surface area contributed by atoms with E-state index in [1.54, 1.807) is 0 Å². The highest BCUT2D eigenvalue weighted by atomic mass is 32.1. The zero-order valence-electron chi connectivity index (χ0n) is 8.40. The Bertz CT molecular complexity index is 303. The smallest absolute Gasteiger partial charge is 0.186 e. The molecule has 0 radical (unpaired) electrons. The minimum Gasteiger partial charge on any atom is -0.293 e. The molecule has 0 unspecified atom stereocenters.